The number of aliphatic hydroxyl groups is 1. The van der Waals surface area contributed by atoms with Crippen LogP contribution in [0.5, 0.6) is 0 Å². The summed E-state index contributed by atoms with van der Waals surface area (Å²) in [6.07, 6.45) is 0.787. The number of carbonyl (C=O) groups excluding carboxylic acids is 1. The van der Waals surface area contributed by atoms with Gasteiger partial charge in [-0.3, -0.25) is 4.79 Å². The van der Waals surface area contributed by atoms with Crippen LogP contribution in [0.1, 0.15) is 27.2 Å². The van der Waals surface area contributed by atoms with E-state index in [2.05, 4.69) is 0 Å². The average molecular weight is 220 g/mol. The third-order valence-corrected chi connectivity index (χ3v) is 3.06. The van der Waals surface area contributed by atoms with Gasteiger partial charge in [0.25, 0.3) is 0 Å². The molecule has 0 aliphatic rings. The molecule has 14 heavy (non-hydrogen) atoms. The summed E-state index contributed by atoms with van der Waals surface area (Å²) < 4.78 is 5.10. The minimum absolute atomic E-state index is 0.135. The van der Waals surface area contributed by atoms with E-state index in [0.29, 0.717) is 12.4 Å². The van der Waals surface area contributed by atoms with Crippen molar-refractivity contribution in [3.63, 3.8) is 0 Å². The van der Waals surface area contributed by atoms with Crippen LogP contribution in [0.2, 0.25) is 0 Å². The summed E-state index contributed by atoms with van der Waals surface area (Å²) in [5.74, 6) is 1.32. The van der Waals surface area contributed by atoms with E-state index in [1.165, 1.54) is 0 Å². The van der Waals surface area contributed by atoms with Crippen LogP contribution in [0.4, 0.5) is 0 Å². The van der Waals surface area contributed by atoms with Gasteiger partial charge in [0, 0.05) is 11.5 Å². The highest BCUT2D eigenvalue weighted by molar-refractivity contribution is 7.99. The van der Waals surface area contributed by atoms with Crippen LogP contribution in [-0.4, -0.2) is 35.8 Å². The lowest BCUT2D eigenvalue weighted by molar-refractivity contribution is -0.153. The van der Waals surface area contributed by atoms with Crippen molar-refractivity contribution in [3.05, 3.63) is 0 Å². The Labute approximate surface area is 90.2 Å². The molecule has 0 aliphatic heterocycles. The third-order valence-electron chi connectivity index (χ3n) is 2.13. The van der Waals surface area contributed by atoms with Crippen molar-refractivity contribution in [2.45, 2.75) is 27.2 Å². The number of hydrogen-bond donors (Lipinski definition) is 1. The lowest BCUT2D eigenvalue weighted by atomic mass is 9.91. The zero-order chi connectivity index (χ0) is 11.0. The second-order valence-electron chi connectivity index (χ2n) is 3.71. The molecule has 1 N–H and O–H groups in total. The molecule has 0 aromatic carbocycles. The smallest absolute Gasteiger partial charge is 0.311 e. The fraction of sp³-hybridized carbons (Fsp3) is 0.900. The number of ether oxygens (including phenoxy) is 1. The van der Waals surface area contributed by atoms with Crippen LogP contribution in [0.25, 0.3) is 0 Å². The number of thioether (sulfide) groups is 1. The number of hydrogen-bond acceptors (Lipinski definition) is 4. The zero-order valence-electron chi connectivity index (χ0n) is 9.21. The molecule has 0 aliphatic carbocycles. The van der Waals surface area contributed by atoms with Crippen molar-refractivity contribution in [3.8, 4) is 0 Å². The Bertz CT molecular complexity index is 169. The SMILES string of the molecule is CCC(C)(C)C(=O)OCCSCCO. The number of esters is 1. The first-order chi connectivity index (χ1) is 6.54. The van der Waals surface area contributed by atoms with E-state index in [0.717, 1.165) is 12.2 Å². The Morgan fingerprint density at radius 2 is 2.07 bits per heavy atom. The van der Waals surface area contributed by atoms with Gasteiger partial charge in [0.05, 0.1) is 12.0 Å². The van der Waals surface area contributed by atoms with E-state index in [9.17, 15) is 4.79 Å². The molecule has 0 heterocycles. The minimum Gasteiger partial charge on any atom is -0.464 e. The molecule has 0 saturated heterocycles. The quantitative estimate of drug-likeness (QED) is 0.524. The molecular formula is C10H20O3S. The second-order valence-corrected chi connectivity index (χ2v) is 4.93. The van der Waals surface area contributed by atoms with Crippen molar-refractivity contribution in [2.24, 2.45) is 5.41 Å². The standard InChI is InChI=1S/C10H20O3S/c1-4-10(2,3)9(12)13-6-8-14-7-5-11/h11H,4-8H2,1-3H3. The van der Waals surface area contributed by atoms with Gasteiger partial charge >= 0.3 is 5.97 Å². The van der Waals surface area contributed by atoms with Gasteiger partial charge in [-0.25, -0.2) is 0 Å². The van der Waals surface area contributed by atoms with Crippen LogP contribution in [0.15, 0.2) is 0 Å². The molecular weight excluding hydrogens is 200 g/mol. The van der Waals surface area contributed by atoms with Gasteiger partial charge in [-0.2, -0.15) is 11.8 Å². The molecule has 0 radical (unpaired) electrons. The van der Waals surface area contributed by atoms with Crippen molar-refractivity contribution >= 4 is 17.7 Å². The fourth-order valence-corrected chi connectivity index (χ4v) is 1.23. The fourth-order valence-electron chi connectivity index (χ4n) is 0.700. The third kappa shape index (κ3) is 5.50. The van der Waals surface area contributed by atoms with Gasteiger partial charge in [0.1, 0.15) is 6.61 Å². The lowest BCUT2D eigenvalue weighted by Gasteiger charge is -2.20. The summed E-state index contributed by atoms with van der Waals surface area (Å²) in [7, 11) is 0. The van der Waals surface area contributed by atoms with Crippen LogP contribution >= 0.6 is 11.8 Å². The first-order valence-electron chi connectivity index (χ1n) is 4.90. The maximum Gasteiger partial charge on any atom is 0.311 e. The minimum atomic E-state index is -0.373. The highest BCUT2D eigenvalue weighted by atomic mass is 32.2. The first-order valence-corrected chi connectivity index (χ1v) is 6.06. The van der Waals surface area contributed by atoms with E-state index in [1.54, 1.807) is 11.8 Å². The van der Waals surface area contributed by atoms with Crippen molar-refractivity contribution in [2.75, 3.05) is 24.7 Å². The summed E-state index contributed by atoms with van der Waals surface area (Å²) >= 11 is 1.59. The second kappa shape index (κ2) is 7.12. The van der Waals surface area contributed by atoms with Gasteiger partial charge < -0.3 is 9.84 Å². The lowest BCUT2D eigenvalue weighted by Crippen LogP contribution is -2.26. The van der Waals surface area contributed by atoms with Gasteiger partial charge in [-0.15, -0.1) is 0 Å². The first kappa shape index (κ1) is 13.8. The number of aliphatic hydroxyl groups excluding tert-OH is 1. The molecule has 0 rings (SSSR count). The van der Waals surface area contributed by atoms with Gasteiger partial charge in [0.15, 0.2) is 0 Å². The maximum absolute atomic E-state index is 11.4. The van der Waals surface area contributed by atoms with Crippen LogP contribution in [0, 0.1) is 5.41 Å². The Morgan fingerprint density at radius 3 is 2.57 bits per heavy atom. The summed E-state index contributed by atoms with van der Waals surface area (Å²) in [5, 5.41) is 8.51. The van der Waals surface area contributed by atoms with E-state index >= 15 is 0 Å². The van der Waals surface area contributed by atoms with Gasteiger partial charge in [-0.05, 0) is 20.3 Å². The molecule has 3 nitrogen and oxygen atoms in total. The highest BCUT2D eigenvalue weighted by Gasteiger charge is 2.26. The number of carbonyl (C=O) groups is 1. The van der Waals surface area contributed by atoms with E-state index in [-0.39, 0.29) is 18.0 Å². The topological polar surface area (TPSA) is 46.5 Å². The molecule has 4 heteroatoms. The van der Waals surface area contributed by atoms with E-state index in [1.807, 2.05) is 20.8 Å². The van der Waals surface area contributed by atoms with Crippen molar-refractivity contribution in [1.29, 1.82) is 0 Å². The maximum atomic E-state index is 11.4. The molecule has 0 aromatic heterocycles. The molecule has 0 unspecified atom stereocenters. The molecule has 0 bridgehead atoms. The van der Waals surface area contributed by atoms with E-state index < -0.39 is 0 Å². The molecule has 0 atom stereocenters. The predicted octanol–water partition coefficient (Wildman–Crippen LogP) is 1.69. The monoisotopic (exact) mass is 220 g/mol. The molecule has 0 saturated carbocycles. The highest BCUT2D eigenvalue weighted by Crippen LogP contribution is 2.21. The normalized spacial score (nSPS) is 11.4. The summed E-state index contributed by atoms with van der Waals surface area (Å²) in [6.45, 7) is 6.36. The van der Waals surface area contributed by atoms with Crippen molar-refractivity contribution in [1.82, 2.24) is 0 Å². The molecule has 84 valence electrons. The molecule has 0 amide bonds. The summed E-state index contributed by atoms with van der Waals surface area (Å²) in [5.41, 5.74) is -0.373. The van der Waals surface area contributed by atoms with Crippen LogP contribution in [0.3, 0.4) is 0 Å². The largest absolute Gasteiger partial charge is 0.464 e. The Kier molecular flexibility index (Phi) is 7.01. The van der Waals surface area contributed by atoms with Crippen molar-refractivity contribution < 1.29 is 14.6 Å². The number of rotatable bonds is 7. The van der Waals surface area contributed by atoms with Crippen LogP contribution < -0.4 is 0 Å². The zero-order valence-corrected chi connectivity index (χ0v) is 10.0. The Balaban J connectivity index is 3.54. The molecule has 0 spiro atoms. The van der Waals surface area contributed by atoms with E-state index in [4.69, 9.17) is 9.84 Å². The Hall–Kier alpha value is -0.220. The molecule has 0 aromatic rings. The average Bonchev–Trinajstić information content (AvgIpc) is 2.17. The summed E-state index contributed by atoms with van der Waals surface area (Å²) in [6, 6.07) is 0. The van der Waals surface area contributed by atoms with Gasteiger partial charge in [0.2, 0.25) is 0 Å². The van der Waals surface area contributed by atoms with Crippen LogP contribution in [-0.2, 0) is 9.53 Å². The Morgan fingerprint density at radius 1 is 1.43 bits per heavy atom. The molecule has 0 fully saturated rings. The van der Waals surface area contributed by atoms with Gasteiger partial charge in [-0.1, -0.05) is 6.92 Å². The summed E-state index contributed by atoms with van der Waals surface area (Å²) in [4.78, 5) is 11.4. The predicted molar refractivity (Wildman–Crippen MR) is 59.4 cm³/mol.